The summed E-state index contributed by atoms with van der Waals surface area (Å²) >= 11 is 0. The van der Waals surface area contributed by atoms with Crippen LogP contribution in [0.2, 0.25) is 0 Å². The minimum atomic E-state index is -0.950. The number of nitrogens with zero attached hydrogens (tertiary/aromatic N) is 4. The maximum Gasteiger partial charge on any atom is 0.328 e. The molecule has 0 aliphatic carbocycles. The molecule has 1 aliphatic heterocycles. The third-order valence-electron chi connectivity index (χ3n) is 4.46. The number of halogens is 1. The van der Waals surface area contributed by atoms with E-state index in [0.29, 0.717) is 5.69 Å². The lowest BCUT2D eigenvalue weighted by atomic mass is 10.1. The number of nitro benzene ring substituents is 1. The molecule has 3 rings (SSSR count). The SMILES string of the molecule is COc1cc(F)c([N+](=O)[O-])c(Nc2cnn(CCN3CCCCC3)c2)c1. The van der Waals surface area contributed by atoms with Crippen LogP contribution >= 0.6 is 0 Å². The van der Waals surface area contributed by atoms with Crippen LogP contribution in [0.5, 0.6) is 5.75 Å². The van der Waals surface area contributed by atoms with E-state index >= 15 is 0 Å². The van der Waals surface area contributed by atoms with Crippen molar-refractivity contribution in [2.75, 3.05) is 32.1 Å². The first-order chi connectivity index (χ1) is 12.6. The first kappa shape index (κ1) is 18.1. The van der Waals surface area contributed by atoms with Gasteiger partial charge in [-0.2, -0.15) is 9.49 Å². The molecule has 1 aliphatic rings. The van der Waals surface area contributed by atoms with Crippen LogP contribution in [-0.2, 0) is 6.54 Å². The monoisotopic (exact) mass is 363 g/mol. The van der Waals surface area contributed by atoms with Gasteiger partial charge in [-0.3, -0.25) is 14.8 Å². The average Bonchev–Trinajstić information content (AvgIpc) is 3.07. The zero-order valence-corrected chi connectivity index (χ0v) is 14.7. The number of hydrogen-bond acceptors (Lipinski definition) is 6. The number of benzene rings is 1. The van der Waals surface area contributed by atoms with Crippen LogP contribution in [0.15, 0.2) is 24.5 Å². The second-order valence-corrected chi connectivity index (χ2v) is 6.28. The summed E-state index contributed by atoms with van der Waals surface area (Å²) in [6.07, 6.45) is 7.08. The fourth-order valence-corrected chi connectivity index (χ4v) is 3.11. The van der Waals surface area contributed by atoms with Crippen molar-refractivity contribution in [2.45, 2.75) is 25.8 Å². The van der Waals surface area contributed by atoms with Crippen molar-refractivity contribution in [3.8, 4) is 5.75 Å². The molecule has 26 heavy (non-hydrogen) atoms. The van der Waals surface area contributed by atoms with Crippen LogP contribution in [0, 0.1) is 15.9 Å². The van der Waals surface area contributed by atoms with Crippen LogP contribution in [-0.4, -0.2) is 46.3 Å². The number of ether oxygens (including phenoxy) is 1. The lowest BCUT2D eigenvalue weighted by Crippen LogP contribution is -2.32. The topological polar surface area (TPSA) is 85.5 Å². The summed E-state index contributed by atoms with van der Waals surface area (Å²) in [5.41, 5.74) is -0.0336. The number of anilines is 2. The van der Waals surface area contributed by atoms with Crippen molar-refractivity contribution in [2.24, 2.45) is 0 Å². The first-order valence-corrected chi connectivity index (χ1v) is 8.60. The zero-order chi connectivity index (χ0) is 18.5. The second kappa shape index (κ2) is 8.13. The van der Waals surface area contributed by atoms with Crippen molar-refractivity contribution in [1.82, 2.24) is 14.7 Å². The normalized spacial score (nSPS) is 15.0. The van der Waals surface area contributed by atoms with Gasteiger partial charge in [0.2, 0.25) is 5.82 Å². The first-order valence-electron chi connectivity index (χ1n) is 8.60. The Labute approximate surface area is 150 Å². The largest absolute Gasteiger partial charge is 0.497 e. The van der Waals surface area contributed by atoms with Gasteiger partial charge in [0.1, 0.15) is 11.4 Å². The molecule has 2 aromatic rings. The highest BCUT2D eigenvalue weighted by Gasteiger charge is 2.22. The molecule has 2 heterocycles. The van der Waals surface area contributed by atoms with Crippen molar-refractivity contribution in [1.29, 1.82) is 0 Å². The van der Waals surface area contributed by atoms with Gasteiger partial charge in [0.15, 0.2) is 0 Å². The van der Waals surface area contributed by atoms with Gasteiger partial charge in [-0.05, 0) is 25.9 Å². The van der Waals surface area contributed by atoms with Crippen LogP contribution in [0.1, 0.15) is 19.3 Å². The molecule has 0 spiro atoms. The van der Waals surface area contributed by atoms with Gasteiger partial charge in [-0.15, -0.1) is 0 Å². The standard InChI is InChI=1S/C17H22FN5O3/c1-26-14-9-15(18)17(23(24)25)16(10-14)20-13-11-19-22(12-13)8-7-21-5-3-2-4-6-21/h9-12,20H,2-8H2,1H3. The minimum absolute atomic E-state index is 0.0300. The second-order valence-electron chi connectivity index (χ2n) is 6.28. The summed E-state index contributed by atoms with van der Waals surface area (Å²) in [7, 11) is 1.38. The maximum atomic E-state index is 14.0. The zero-order valence-electron chi connectivity index (χ0n) is 14.7. The molecule has 0 saturated carbocycles. The molecule has 140 valence electrons. The predicted octanol–water partition coefficient (Wildman–Crippen LogP) is 3.17. The molecular formula is C17H22FN5O3. The predicted molar refractivity (Wildman–Crippen MR) is 95.4 cm³/mol. The minimum Gasteiger partial charge on any atom is -0.497 e. The molecule has 1 N–H and O–H groups in total. The third kappa shape index (κ3) is 4.29. The maximum absolute atomic E-state index is 14.0. The molecule has 1 aromatic heterocycles. The van der Waals surface area contributed by atoms with Gasteiger partial charge in [0.05, 0.1) is 30.5 Å². The van der Waals surface area contributed by atoms with Gasteiger partial charge in [0, 0.05) is 24.9 Å². The van der Waals surface area contributed by atoms with E-state index in [4.69, 9.17) is 4.74 Å². The van der Waals surface area contributed by atoms with E-state index in [9.17, 15) is 14.5 Å². The molecule has 1 fully saturated rings. The van der Waals surface area contributed by atoms with E-state index in [1.54, 1.807) is 17.1 Å². The van der Waals surface area contributed by atoms with E-state index in [2.05, 4.69) is 15.3 Å². The third-order valence-corrected chi connectivity index (χ3v) is 4.46. The molecule has 0 amide bonds. The van der Waals surface area contributed by atoms with Crippen molar-refractivity contribution >= 4 is 17.1 Å². The fourth-order valence-electron chi connectivity index (χ4n) is 3.11. The molecule has 0 unspecified atom stereocenters. The lowest BCUT2D eigenvalue weighted by molar-refractivity contribution is -0.386. The number of nitrogens with one attached hydrogen (secondary N) is 1. The van der Waals surface area contributed by atoms with Crippen LogP contribution in [0.25, 0.3) is 0 Å². The fraction of sp³-hybridized carbons (Fsp3) is 0.471. The summed E-state index contributed by atoms with van der Waals surface area (Å²) in [5.74, 6) is -0.748. The average molecular weight is 363 g/mol. The Bertz CT molecular complexity index is 774. The Kier molecular flexibility index (Phi) is 5.67. The van der Waals surface area contributed by atoms with Gasteiger partial charge >= 0.3 is 5.69 Å². The molecule has 1 aromatic carbocycles. The quantitative estimate of drug-likeness (QED) is 0.601. The summed E-state index contributed by atoms with van der Waals surface area (Å²) in [6.45, 7) is 3.87. The smallest absolute Gasteiger partial charge is 0.328 e. The Balaban J connectivity index is 1.70. The molecule has 0 radical (unpaired) electrons. The summed E-state index contributed by atoms with van der Waals surface area (Å²) in [5, 5.41) is 18.3. The number of methoxy groups -OCH3 is 1. The molecule has 0 bridgehead atoms. The molecule has 8 nitrogen and oxygen atoms in total. The van der Waals surface area contributed by atoms with Crippen molar-refractivity contribution < 1.29 is 14.1 Å². The number of aromatic nitrogens is 2. The van der Waals surface area contributed by atoms with Crippen LogP contribution in [0.4, 0.5) is 21.5 Å². The number of hydrogen-bond donors (Lipinski definition) is 1. The highest BCUT2D eigenvalue weighted by atomic mass is 19.1. The Morgan fingerprint density at radius 2 is 2.08 bits per heavy atom. The number of rotatable bonds is 7. The summed E-state index contributed by atoms with van der Waals surface area (Å²) in [6, 6.07) is 2.39. The van der Waals surface area contributed by atoms with Crippen molar-refractivity contribution in [3.63, 3.8) is 0 Å². The van der Waals surface area contributed by atoms with E-state index in [1.807, 2.05) is 0 Å². The highest BCUT2D eigenvalue weighted by molar-refractivity contribution is 5.71. The van der Waals surface area contributed by atoms with Gasteiger partial charge in [0.25, 0.3) is 0 Å². The summed E-state index contributed by atoms with van der Waals surface area (Å²) in [4.78, 5) is 12.8. The molecular weight excluding hydrogens is 341 g/mol. The lowest BCUT2D eigenvalue weighted by Gasteiger charge is -2.26. The van der Waals surface area contributed by atoms with Gasteiger partial charge in [-0.25, -0.2) is 0 Å². The van der Waals surface area contributed by atoms with Crippen LogP contribution in [0.3, 0.4) is 0 Å². The number of likely N-dealkylation sites (tertiary alicyclic amines) is 1. The van der Waals surface area contributed by atoms with E-state index in [1.165, 1.54) is 32.4 Å². The molecule has 0 atom stereocenters. The number of nitro groups is 1. The highest BCUT2D eigenvalue weighted by Crippen LogP contribution is 2.34. The Morgan fingerprint density at radius 3 is 2.77 bits per heavy atom. The van der Waals surface area contributed by atoms with E-state index < -0.39 is 16.4 Å². The summed E-state index contributed by atoms with van der Waals surface area (Å²) < 4.78 is 20.8. The van der Waals surface area contributed by atoms with E-state index in [0.717, 1.165) is 32.2 Å². The van der Waals surface area contributed by atoms with E-state index in [-0.39, 0.29) is 11.4 Å². The molecule has 1 saturated heterocycles. The van der Waals surface area contributed by atoms with Crippen molar-refractivity contribution in [3.05, 3.63) is 40.5 Å². The molecule has 9 heteroatoms. The van der Waals surface area contributed by atoms with Crippen LogP contribution < -0.4 is 10.1 Å². The van der Waals surface area contributed by atoms with Gasteiger partial charge < -0.3 is 15.0 Å². The van der Waals surface area contributed by atoms with Gasteiger partial charge in [-0.1, -0.05) is 6.42 Å². The number of piperidine rings is 1. The Hall–Kier alpha value is -2.68. The Morgan fingerprint density at radius 1 is 1.31 bits per heavy atom.